The molecule has 0 aliphatic carbocycles. The second-order valence-electron chi connectivity index (χ2n) is 6.34. The lowest BCUT2D eigenvalue weighted by molar-refractivity contribution is -0.120. The van der Waals surface area contributed by atoms with Gasteiger partial charge in [0.25, 0.3) is 0 Å². The summed E-state index contributed by atoms with van der Waals surface area (Å²) in [4.78, 5) is 14.5. The minimum Gasteiger partial charge on any atom is -0.356 e. The van der Waals surface area contributed by atoms with Crippen LogP contribution in [-0.4, -0.2) is 42.1 Å². The number of fused-ring (bicyclic) bond motifs is 1. The number of carbonyl (C=O) groups excluding carboxylic acids is 1. The van der Waals surface area contributed by atoms with Gasteiger partial charge in [0.05, 0.1) is 6.42 Å². The molecule has 1 aromatic carbocycles. The fraction of sp³-hybridized carbons (Fsp3) is 0.579. The minimum absolute atomic E-state index is 0.00742. The van der Waals surface area contributed by atoms with E-state index in [-0.39, 0.29) is 12.3 Å². The van der Waals surface area contributed by atoms with Crippen molar-refractivity contribution in [3.8, 4) is 0 Å². The van der Waals surface area contributed by atoms with E-state index in [1.165, 1.54) is 0 Å². The van der Waals surface area contributed by atoms with E-state index in [0.717, 1.165) is 60.3 Å². The third-order valence-corrected chi connectivity index (χ3v) is 4.43. The molecule has 0 aliphatic heterocycles. The first kappa shape index (κ1) is 18.5. The normalized spacial score (nSPS) is 11.4. The van der Waals surface area contributed by atoms with Crippen molar-refractivity contribution in [1.82, 2.24) is 15.4 Å². The molecule has 0 saturated carbocycles. The summed E-state index contributed by atoms with van der Waals surface area (Å²) in [5, 5.41) is 8.04. The summed E-state index contributed by atoms with van der Waals surface area (Å²) in [7, 11) is 0. The van der Waals surface area contributed by atoms with Gasteiger partial charge in [-0.2, -0.15) is 0 Å². The van der Waals surface area contributed by atoms with Gasteiger partial charge < -0.3 is 14.7 Å². The predicted molar refractivity (Wildman–Crippen MR) is 97.2 cm³/mol. The highest BCUT2D eigenvalue weighted by atomic mass is 16.5. The molecule has 0 spiro atoms. The molecule has 5 nitrogen and oxygen atoms in total. The van der Waals surface area contributed by atoms with E-state index in [1.807, 2.05) is 19.9 Å². The molecule has 0 saturated heterocycles. The SMILES string of the molecule is CCN(CC)CCCCNC(=O)Cc1noc2cc(C)cc(C)c12. The number of benzene rings is 1. The molecule has 0 unspecified atom stereocenters. The van der Waals surface area contributed by atoms with E-state index in [0.29, 0.717) is 6.54 Å². The van der Waals surface area contributed by atoms with Crippen molar-refractivity contribution in [1.29, 1.82) is 0 Å². The number of nitrogens with zero attached hydrogens (tertiary/aromatic N) is 2. The highest BCUT2D eigenvalue weighted by Gasteiger charge is 2.14. The van der Waals surface area contributed by atoms with E-state index in [2.05, 4.69) is 35.3 Å². The molecule has 0 radical (unpaired) electrons. The molecule has 0 fully saturated rings. The maximum Gasteiger partial charge on any atom is 0.226 e. The van der Waals surface area contributed by atoms with Crippen molar-refractivity contribution in [3.05, 3.63) is 29.0 Å². The Morgan fingerprint density at radius 3 is 2.67 bits per heavy atom. The van der Waals surface area contributed by atoms with Crippen molar-refractivity contribution < 1.29 is 9.32 Å². The van der Waals surface area contributed by atoms with E-state index in [1.54, 1.807) is 0 Å². The zero-order valence-electron chi connectivity index (χ0n) is 15.3. The first-order valence-corrected chi connectivity index (χ1v) is 8.89. The highest BCUT2D eigenvalue weighted by molar-refractivity contribution is 5.88. The van der Waals surface area contributed by atoms with Gasteiger partial charge in [0.2, 0.25) is 5.91 Å². The van der Waals surface area contributed by atoms with Crippen LogP contribution in [0.2, 0.25) is 0 Å². The minimum atomic E-state index is 0.00742. The summed E-state index contributed by atoms with van der Waals surface area (Å²) in [6.45, 7) is 12.4. The van der Waals surface area contributed by atoms with Crippen LogP contribution in [0.15, 0.2) is 16.7 Å². The number of carbonyl (C=O) groups is 1. The summed E-state index contributed by atoms with van der Waals surface area (Å²) >= 11 is 0. The fourth-order valence-corrected chi connectivity index (χ4v) is 3.08. The second kappa shape index (κ2) is 8.83. The zero-order chi connectivity index (χ0) is 17.5. The average Bonchev–Trinajstić information content (AvgIpc) is 2.93. The molecule has 24 heavy (non-hydrogen) atoms. The molecule has 0 atom stereocenters. The third kappa shape index (κ3) is 4.81. The number of aryl methyl sites for hydroxylation is 2. The summed E-state index contributed by atoms with van der Waals surface area (Å²) in [5.41, 5.74) is 3.73. The van der Waals surface area contributed by atoms with Crippen LogP contribution in [0.5, 0.6) is 0 Å². The molecule has 5 heteroatoms. The summed E-state index contributed by atoms with van der Waals surface area (Å²) in [5.74, 6) is 0.00742. The van der Waals surface area contributed by atoms with Crippen molar-refractivity contribution in [2.45, 2.75) is 47.0 Å². The molecular formula is C19H29N3O2. The van der Waals surface area contributed by atoms with Gasteiger partial charge in [-0.05, 0) is 63.5 Å². The van der Waals surface area contributed by atoms with Crippen LogP contribution in [0.25, 0.3) is 11.0 Å². The standard InChI is InChI=1S/C19H29N3O2/c1-5-22(6-2)10-8-7-9-20-18(23)13-16-19-15(4)11-14(3)12-17(19)24-21-16/h11-12H,5-10,13H2,1-4H3,(H,20,23). The van der Waals surface area contributed by atoms with Gasteiger partial charge in [0, 0.05) is 11.9 Å². The van der Waals surface area contributed by atoms with Crippen molar-refractivity contribution in [3.63, 3.8) is 0 Å². The number of unbranched alkanes of at least 4 members (excludes halogenated alkanes) is 1. The Hall–Kier alpha value is -1.88. The zero-order valence-corrected chi connectivity index (χ0v) is 15.3. The number of nitrogens with one attached hydrogen (secondary N) is 1. The van der Waals surface area contributed by atoms with Gasteiger partial charge >= 0.3 is 0 Å². The molecule has 0 bridgehead atoms. The predicted octanol–water partition coefficient (Wildman–Crippen LogP) is 3.23. The lowest BCUT2D eigenvalue weighted by atomic mass is 10.0. The molecule has 1 amide bonds. The van der Waals surface area contributed by atoms with Gasteiger partial charge in [0.1, 0.15) is 5.69 Å². The number of hydrogen-bond acceptors (Lipinski definition) is 4. The quantitative estimate of drug-likeness (QED) is 0.717. The number of aromatic nitrogens is 1. The van der Waals surface area contributed by atoms with E-state index >= 15 is 0 Å². The largest absolute Gasteiger partial charge is 0.356 e. The topological polar surface area (TPSA) is 58.4 Å². The van der Waals surface area contributed by atoms with Gasteiger partial charge in [-0.3, -0.25) is 4.79 Å². The molecule has 1 heterocycles. The molecule has 2 aromatic rings. The van der Waals surface area contributed by atoms with Crippen LogP contribution < -0.4 is 5.32 Å². The van der Waals surface area contributed by atoms with E-state index in [9.17, 15) is 4.79 Å². The highest BCUT2D eigenvalue weighted by Crippen LogP contribution is 2.24. The lowest BCUT2D eigenvalue weighted by Crippen LogP contribution is -2.28. The Morgan fingerprint density at radius 2 is 1.96 bits per heavy atom. The Balaban J connectivity index is 1.81. The smallest absolute Gasteiger partial charge is 0.226 e. The Kier molecular flexibility index (Phi) is 6.79. The molecule has 1 N–H and O–H groups in total. The maximum atomic E-state index is 12.1. The van der Waals surface area contributed by atoms with Gasteiger partial charge in [-0.15, -0.1) is 0 Å². The first-order valence-electron chi connectivity index (χ1n) is 8.89. The van der Waals surface area contributed by atoms with E-state index < -0.39 is 0 Å². The van der Waals surface area contributed by atoms with Crippen molar-refractivity contribution in [2.75, 3.05) is 26.2 Å². The molecule has 2 rings (SSSR count). The fourth-order valence-electron chi connectivity index (χ4n) is 3.08. The summed E-state index contributed by atoms with van der Waals surface area (Å²) in [6.07, 6.45) is 2.38. The Bertz CT molecular complexity index is 675. The van der Waals surface area contributed by atoms with Gasteiger partial charge in [-0.1, -0.05) is 25.1 Å². The number of amides is 1. The molecule has 1 aromatic heterocycles. The van der Waals surface area contributed by atoms with Crippen LogP contribution in [-0.2, 0) is 11.2 Å². The van der Waals surface area contributed by atoms with E-state index in [4.69, 9.17) is 4.52 Å². The van der Waals surface area contributed by atoms with Crippen LogP contribution in [0.1, 0.15) is 43.5 Å². The molecule has 0 aliphatic rings. The van der Waals surface area contributed by atoms with Crippen LogP contribution in [0.4, 0.5) is 0 Å². The molecular weight excluding hydrogens is 302 g/mol. The van der Waals surface area contributed by atoms with Crippen molar-refractivity contribution >= 4 is 16.9 Å². The van der Waals surface area contributed by atoms with Gasteiger partial charge in [0.15, 0.2) is 5.58 Å². The van der Waals surface area contributed by atoms with Crippen molar-refractivity contribution in [2.24, 2.45) is 0 Å². The summed E-state index contributed by atoms with van der Waals surface area (Å²) in [6, 6.07) is 4.05. The first-order chi connectivity index (χ1) is 11.5. The van der Waals surface area contributed by atoms with Crippen LogP contribution in [0.3, 0.4) is 0 Å². The second-order valence-corrected chi connectivity index (χ2v) is 6.34. The number of hydrogen-bond donors (Lipinski definition) is 1. The molecule has 132 valence electrons. The van der Waals surface area contributed by atoms with Crippen LogP contribution >= 0.6 is 0 Å². The third-order valence-electron chi connectivity index (χ3n) is 4.43. The maximum absolute atomic E-state index is 12.1. The number of rotatable bonds is 9. The average molecular weight is 331 g/mol. The Labute approximate surface area is 144 Å². The van der Waals surface area contributed by atoms with Gasteiger partial charge in [-0.25, -0.2) is 0 Å². The monoisotopic (exact) mass is 331 g/mol. The lowest BCUT2D eigenvalue weighted by Gasteiger charge is -2.17. The van der Waals surface area contributed by atoms with Crippen LogP contribution in [0, 0.1) is 13.8 Å². The Morgan fingerprint density at radius 1 is 1.21 bits per heavy atom. The summed E-state index contributed by atoms with van der Waals surface area (Å²) < 4.78 is 5.37.